The first-order valence-corrected chi connectivity index (χ1v) is 6.76. The molecule has 0 spiro atoms. The van der Waals surface area contributed by atoms with E-state index in [0.717, 1.165) is 5.56 Å². The Hall–Kier alpha value is -1.54. The third kappa shape index (κ3) is 3.13. The van der Waals surface area contributed by atoms with Crippen LogP contribution in [0.1, 0.15) is 29.6 Å². The summed E-state index contributed by atoms with van der Waals surface area (Å²) >= 11 is 11.9. The van der Waals surface area contributed by atoms with Gasteiger partial charge in [0.1, 0.15) is 5.76 Å². The minimum Gasteiger partial charge on any atom is -0.448 e. The van der Waals surface area contributed by atoms with E-state index in [-0.39, 0.29) is 12.5 Å². The molecular weight excluding hydrogens is 299 g/mol. The fourth-order valence-electron chi connectivity index (χ4n) is 2.12. The maximum atomic E-state index is 9.47. The molecule has 2 aromatic rings. The number of nitriles is 1. The van der Waals surface area contributed by atoms with Crippen LogP contribution in [0, 0.1) is 11.3 Å². The van der Waals surface area contributed by atoms with Gasteiger partial charge in [-0.05, 0) is 24.1 Å². The number of benzene rings is 1. The van der Waals surface area contributed by atoms with Crippen LogP contribution in [0.4, 0.5) is 0 Å². The molecule has 1 N–H and O–H groups in total. The third-order valence-corrected chi connectivity index (χ3v) is 3.84. The molecular formula is C14H12Cl2N2O2. The standard InChI is InChI=1S/C14H12Cl2N2O2/c15-12-2-1-9(5-13(12)16)11(6-17)10(3-4-19)14-7-18-8-20-14/h1-2,5,7-8,10-11,19H,3-4H2/t10-,11-/m1/s1. The average Bonchev–Trinajstić information content (AvgIpc) is 2.96. The van der Waals surface area contributed by atoms with Gasteiger partial charge in [-0.3, -0.25) is 0 Å². The van der Waals surface area contributed by atoms with Gasteiger partial charge in [0.2, 0.25) is 0 Å². The largest absolute Gasteiger partial charge is 0.448 e. The maximum absolute atomic E-state index is 9.47. The van der Waals surface area contributed by atoms with E-state index in [9.17, 15) is 10.4 Å². The summed E-state index contributed by atoms with van der Waals surface area (Å²) in [6.45, 7) is -0.0507. The van der Waals surface area contributed by atoms with Crippen LogP contribution in [-0.4, -0.2) is 16.7 Å². The summed E-state index contributed by atoms with van der Waals surface area (Å²) in [5, 5.41) is 19.5. The van der Waals surface area contributed by atoms with Gasteiger partial charge in [-0.15, -0.1) is 0 Å². The number of aliphatic hydroxyl groups excluding tert-OH is 1. The first-order valence-electron chi connectivity index (χ1n) is 6.01. The van der Waals surface area contributed by atoms with Crippen molar-refractivity contribution in [3.05, 3.63) is 52.2 Å². The van der Waals surface area contributed by atoms with E-state index in [1.165, 1.54) is 6.39 Å². The normalized spacial score (nSPS) is 13.7. The van der Waals surface area contributed by atoms with Gasteiger partial charge in [-0.25, -0.2) is 4.98 Å². The lowest BCUT2D eigenvalue weighted by Crippen LogP contribution is -2.11. The van der Waals surface area contributed by atoms with Gasteiger partial charge < -0.3 is 9.52 Å². The van der Waals surface area contributed by atoms with Crippen molar-refractivity contribution < 1.29 is 9.52 Å². The predicted octanol–water partition coefficient (Wildman–Crippen LogP) is 3.75. The average molecular weight is 311 g/mol. The van der Waals surface area contributed by atoms with Crippen molar-refractivity contribution in [1.29, 1.82) is 5.26 Å². The molecule has 104 valence electrons. The van der Waals surface area contributed by atoms with E-state index in [0.29, 0.717) is 22.2 Å². The highest BCUT2D eigenvalue weighted by atomic mass is 35.5. The number of aromatic nitrogens is 1. The molecule has 0 saturated heterocycles. The van der Waals surface area contributed by atoms with Gasteiger partial charge in [0.25, 0.3) is 0 Å². The Balaban J connectivity index is 2.38. The molecule has 0 bridgehead atoms. The molecule has 20 heavy (non-hydrogen) atoms. The fourth-order valence-corrected chi connectivity index (χ4v) is 2.43. The molecule has 1 aromatic carbocycles. The van der Waals surface area contributed by atoms with Crippen molar-refractivity contribution >= 4 is 23.2 Å². The molecule has 0 amide bonds. The van der Waals surface area contributed by atoms with Crippen LogP contribution in [0.2, 0.25) is 10.0 Å². The second-order valence-electron chi connectivity index (χ2n) is 4.30. The topological polar surface area (TPSA) is 70.0 Å². The lowest BCUT2D eigenvalue weighted by molar-refractivity contribution is 0.263. The minimum atomic E-state index is -0.495. The molecule has 0 fully saturated rings. The Morgan fingerprint density at radius 1 is 1.35 bits per heavy atom. The Morgan fingerprint density at radius 3 is 2.70 bits per heavy atom. The predicted molar refractivity (Wildman–Crippen MR) is 75.8 cm³/mol. The molecule has 2 rings (SSSR count). The van der Waals surface area contributed by atoms with Crippen molar-refractivity contribution in [2.75, 3.05) is 6.61 Å². The van der Waals surface area contributed by atoms with Crippen molar-refractivity contribution in [2.45, 2.75) is 18.3 Å². The molecule has 0 radical (unpaired) electrons. The van der Waals surface area contributed by atoms with E-state index in [4.69, 9.17) is 27.6 Å². The van der Waals surface area contributed by atoms with Gasteiger partial charge in [-0.1, -0.05) is 29.3 Å². The molecule has 0 saturated carbocycles. The zero-order valence-electron chi connectivity index (χ0n) is 10.5. The van der Waals surface area contributed by atoms with Crippen LogP contribution >= 0.6 is 23.2 Å². The molecule has 0 aliphatic carbocycles. The molecule has 2 atom stereocenters. The second-order valence-corrected chi connectivity index (χ2v) is 5.12. The fraction of sp³-hybridized carbons (Fsp3) is 0.286. The van der Waals surface area contributed by atoms with Gasteiger partial charge in [0.15, 0.2) is 6.39 Å². The highest BCUT2D eigenvalue weighted by Gasteiger charge is 2.27. The molecule has 1 heterocycles. The highest BCUT2D eigenvalue weighted by molar-refractivity contribution is 6.42. The summed E-state index contributed by atoms with van der Waals surface area (Å²) in [5.41, 5.74) is 0.733. The smallest absolute Gasteiger partial charge is 0.180 e. The van der Waals surface area contributed by atoms with Crippen molar-refractivity contribution in [2.24, 2.45) is 0 Å². The number of aliphatic hydroxyl groups is 1. The molecule has 0 unspecified atom stereocenters. The number of nitrogens with zero attached hydrogens (tertiary/aromatic N) is 2. The van der Waals surface area contributed by atoms with Crippen molar-refractivity contribution in [3.63, 3.8) is 0 Å². The number of oxazole rings is 1. The van der Waals surface area contributed by atoms with Crippen LogP contribution in [0.25, 0.3) is 0 Å². The summed E-state index contributed by atoms with van der Waals surface area (Å²) < 4.78 is 5.27. The first-order chi connectivity index (χ1) is 9.67. The number of hydrogen-bond acceptors (Lipinski definition) is 4. The Labute approximate surface area is 126 Å². The quantitative estimate of drug-likeness (QED) is 0.913. The lowest BCUT2D eigenvalue weighted by atomic mass is 9.83. The monoisotopic (exact) mass is 310 g/mol. The SMILES string of the molecule is N#C[C@H](c1ccc(Cl)c(Cl)c1)[C@@H](CCO)c1cnco1. The minimum absolute atomic E-state index is 0.0507. The molecule has 1 aromatic heterocycles. The lowest BCUT2D eigenvalue weighted by Gasteiger charge is -2.19. The Bertz CT molecular complexity index is 608. The Kier molecular flexibility index (Phi) is 5.02. The summed E-state index contributed by atoms with van der Waals surface area (Å²) in [4.78, 5) is 3.86. The second kappa shape index (κ2) is 6.76. The zero-order chi connectivity index (χ0) is 14.5. The van der Waals surface area contributed by atoms with Crippen LogP contribution in [0.15, 0.2) is 35.2 Å². The summed E-state index contributed by atoms with van der Waals surface area (Å²) in [5.74, 6) is -0.216. The van der Waals surface area contributed by atoms with Crippen molar-refractivity contribution in [3.8, 4) is 6.07 Å². The van der Waals surface area contributed by atoms with E-state index >= 15 is 0 Å². The van der Waals surface area contributed by atoms with Gasteiger partial charge >= 0.3 is 0 Å². The first kappa shape index (κ1) is 14.9. The Morgan fingerprint density at radius 2 is 2.15 bits per heavy atom. The summed E-state index contributed by atoms with van der Waals surface area (Å²) in [6, 6.07) is 7.31. The van der Waals surface area contributed by atoms with E-state index in [2.05, 4.69) is 11.1 Å². The molecule has 0 aliphatic rings. The van der Waals surface area contributed by atoms with E-state index in [1.54, 1.807) is 24.4 Å². The summed E-state index contributed by atoms with van der Waals surface area (Å²) in [7, 11) is 0. The molecule has 4 nitrogen and oxygen atoms in total. The number of rotatable bonds is 5. The van der Waals surface area contributed by atoms with Gasteiger partial charge in [-0.2, -0.15) is 5.26 Å². The number of halogens is 2. The van der Waals surface area contributed by atoms with Crippen LogP contribution in [0.3, 0.4) is 0 Å². The van der Waals surface area contributed by atoms with Gasteiger partial charge in [0.05, 0.1) is 28.2 Å². The van der Waals surface area contributed by atoms with Crippen molar-refractivity contribution in [1.82, 2.24) is 4.98 Å². The van der Waals surface area contributed by atoms with Crippen LogP contribution in [0.5, 0.6) is 0 Å². The van der Waals surface area contributed by atoms with E-state index < -0.39 is 5.92 Å². The number of hydrogen-bond donors (Lipinski definition) is 1. The maximum Gasteiger partial charge on any atom is 0.180 e. The summed E-state index contributed by atoms with van der Waals surface area (Å²) in [6.07, 6.45) is 3.26. The zero-order valence-corrected chi connectivity index (χ0v) is 12.0. The van der Waals surface area contributed by atoms with Crippen LogP contribution < -0.4 is 0 Å². The highest BCUT2D eigenvalue weighted by Crippen LogP contribution is 2.37. The molecule has 6 heteroatoms. The van der Waals surface area contributed by atoms with E-state index in [1.807, 2.05) is 0 Å². The van der Waals surface area contributed by atoms with Gasteiger partial charge in [0, 0.05) is 12.5 Å². The third-order valence-electron chi connectivity index (χ3n) is 3.10. The molecule has 0 aliphatic heterocycles. The van der Waals surface area contributed by atoms with Crippen LogP contribution in [-0.2, 0) is 0 Å².